The Morgan fingerprint density at radius 2 is 2.07 bits per heavy atom. The Hall–Kier alpha value is -1.08. The summed E-state index contributed by atoms with van der Waals surface area (Å²) in [7, 11) is 0. The Labute approximate surface area is 85.1 Å². The molecule has 0 radical (unpaired) electrons. The molecule has 0 unspecified atom stereocenters. The van der Waals surface area contributed by atoms with E-state index in [-0.39, 0.29) is 0 Å². The fourth-order valence-corrected chi connectivity index (χ4v) is 2.07. The van der Waals surface area contributed by atoms with Gasteiger partial charge in [0.05, 0.1) is 0 Å². The number of aliphatic hydroxyl groups is 1. The van der Waals surface area contributed by atoms with Gasteiger partial charge in [0.2, 0.25) is 0 Å². The van der Waals surface area contributed by atoms with Gasteiger partial charge in [-0.1, -0.05) is 30.3 Å². The maximum absolute atomic E-state index is 8.82. The van der Waals surface area contributed by atoms with Crippen LogP contribution in [0.2, 0.25) is 0 Å². The molecule has 1 aromatic carbocycles. The predicted octanol–water partition coefficient (Wildman–Crippen LogP) is 2.79. The summed E-state index contributed by atoms with van der Waals surface area (Å²) in [6.07, 6.45) is 6.52. The van der Waals surface area contributed by atoms with Gasteiger partial charge >= 0.3 is 0 Å². The molecule has 0 fully saturated rings. The van der Waals surface area contributed by atoms with Gasteiger partial charge in [-0.2, -0.15) is 0 Å². The Balaban J connectivity index is 2.22. The quantitative estimate of drug-likeness (QED) is 0.773. The van der Waals surface area contributed by atoms with Crippen LogP contribution in [0.1, 0.15) is 30.4 Å². The molecule has 2 rings (SSSR count). The first-order valence-corrected chi connectivity index (χ1v) is 5.30. The molecule has 0 amide bonds. The normalized spacial score (nSPS) is 14.8. The van der Waals surface area contributed by atoms with Crippen molar-refractivity contribution < 1.29 is 5.11 Å². The van der Waals surface area contributed by atoms with Crippen LogP contribution in [0.15, 0.2) is 30.3 Å². The second kappa shape index (κ2) is 4.43. The van der Waals surface area contributed by atoms with Crippen molar-refractivity contribution in [3.8, 4) is 0 Å². The molecule has 1 heteroatoms. The van der Waals surface area contributed by atoms with E-state index in [0.29, 0.717) is 6.61 Å². The average Bonchev–Trinajstić information content (AvgIpc) is 2.26. The summed E-state index contributed by atoms with van der Waals surface area (Å²) in [6.45, 7) is 0.291. The summed E-state index contributed by atoms with van der Waals surface area (Å²) in [5.41, 5.74) is 4.27. The van der Waals surface area contributed by atoms with E-state index in [2.05, 4.69) is 30.3 Å². The molecule has 0 heterocycles. The molecule has 1 aromatic rings. The molecule has 14 heavy (non-hydrogen) atoms. The Morgan fingerprint density at radius 3 is 2.93 bits per heavy atom. The van der Waals surface area contributed by atoms with Crippen LogP contribution < -0.4 is 0 Å². The molecule has 1 nitrogen and oxygen atoms in total. The van der Waals surface area contributed by atoms with Crippen LogP contribution in [0.5, 0.6) is 0 Å². The monoisotopic (exact) mass is 188 g/mol. The fourth-order valence-electron chi connectivity index (χ4n) is 2.07. The largest absolute Gasteiger partial charge is 0.396 e. The number of hydrogen-bond acceptors (Lipinski definition) is 1. The summed E-state index contributed by atoms with van der Waals surface area (Å²) in [4.78, 5) is 0. The van der Waals surface area contributed by atoms with Crippen LogP contribution in [0.3, 0.4) is 0 Å². The number of benzene rings is 1. The van der Waals surface area contributed by atoms with Gasteiger partial charge in [-0.3, -0.25) is 0 Å². The van der Waals surface area contributed by atoms with Crippen molar-refractivity contribution in [3.05, 3.63) is 41.5 Å². The molecular weight excluding hydrogens is 172 g/mol. The minimum atomic E-state index is 0.291. The van der Waals surface area contributed by atoms with Crippen LogP contribution in [-0.4, -0.2) is 11.7 Å². The van der Waals surface area contributed by atoms with Crippen molar-refractivity contribution in [2.45, 2.75) is 25.7 Å². The smallest absolute Gasteiger partial charge is 0.0434 e. The molecule has 0 spiro atoms. The predicted molar refractivity (Wildman–Crippen MR) is 59.1 cm³/mol. The molecule has 0 atom stereocenters. The van der Waals surface area contributed by atoms with Crippen molar-refractivity contribution in [1.82, 2.24) is 0 Å². The van der Waals surface area contributed by atoms with Crippen LogP contribution >= 0.6 is 0 Å². The molecule has 0 aromatic heterocycles. The summed E-state index contributed by atoms with van der Waals surface area (Å²) in [6, 6.07) is 8.60. The van der Waals surface area contributed by atoms with Gasteiger partial charge in [0.15, 0.2) is 0 Å². The highest BCUT2D eigenvalue weighted by atomic mass is 16.2. The van der Waals surface area contributed by atoms with E-state index in [1.807, 2.05) is 0 Å². The number of hydrogen-bond donors (Lipinski definition) is 1. The van der Waals surface area contributed by atoms with Crippen molar-refractivity contribution in [2.24, 2.45) is 0 Å². The van der Waals surface area contributed by atoms with Crippen LogP contribution in [0, 0.1) is 0 Å². The van der Waals surface area contributed by atoms with Crippen molar-refractivity contribution in [2.75, 3.05) is 6.61 Å². The molecule has 0 saturated carbocycles. The molecule has 1 N–H and O–H groups in total. The third-order valence-electron chi connectivity index (χ3n) is 2.77. The molecule has 0 aliphatic heterocycles. The highest BCUT2D eigenvalue weighted by Crippen LogP contribution is 2.29. The standard InChI is InChI=1S/C13H16O/c14-10-4-8-12-7-3-6-11-5-1-2-9-13(11)12/h1-2,5,7,9,14H,3-4,6,8,10H2. The Morgan fingerprint density at radius 1 is 1.21 bits per heavy atom. The lowest BCUT2D eigenvalue weighted by atomic mass is 9.89. The summed E-state index contributed by atoms with van der Waals surface area (Å²) in [5, 5.41) is 8.82. The zero-order valence-electron chi connectivity index (χ0n) is 8.37. The van der Waals surface area contributed by atoms with E-state index >= 15 is 0 Å². The molecule has 1 aliphatic carbocycles. The van der Waals surface area contributed by atoms with Crippen LogP contribution in [0.4, 0.5) is 0 Å². The SMILES string of the molecule is OCCCC1=CCCc2ccccc21. The second-order valence-electron chi connectivity index (χ2n) is 3.75. The lowest BCUT2D eigenvalue weighted by Gasteiger charge is -2.17. The molecule has 74 valence electrons. The first-order chi connectivity index (χ1) is 6.92. The van der Waals surface area contributed by atoms with Gasteiger partial charge in [-0.25, -0.2) is 0 Å². The minimum Gasteiger partial charge on any atom is -0.396 e. The summed E-state index contributed by atoms with van der Waals surface area (Å²) < 4.78 is 0. The minimum absolute atomic E-state index is 0.291. The molecular formula is C13H16O. The van der Waals surface area contributed by atoms with E-state index in [9.17, 15) is 0 Å². The lowest BCUT2D eigenvalue weighted by molar-refractivity contribution is 0.290. The van der Waals surface area contributed by atoms with E-state index in [4.69, 9.17) is 5.11 Å². The van der Waals surface area contributed by atoms with E-state index < -0.39 is 0 Å². The van der Waals surface area contributed by atoms with Crippen molar-refractivity contribution >= 4 is 5.57 Å². The van der Waals surface area contributed by atoms with Gasteiger partial charge in [0.25, 0.3) is 0 Å². The first kappa shape index (κ1) is 9.47. The maximum atomic E-state index is 8.82. The highest BCUT2D eigenvalue weighted by molar-refractivity contribution is 5.69. The summed E-state index contributed by atoms with van der Waals surface area (Å²) >= 11 is 0. The first-order valence-electron chi connectivity index (χ1n) is 5.30. The van der Waals surface area contributed by atoms with E-state index in [0.717, 1.165) is 19.3 Å². The van der Waals surface area contributed by atoms with Crippen molar-refractivity contribution in [3.63, 3.8) is 0 Å². The Kier molecular flexibility index (Phi) is 3.00. The second-order valence-corrected chi connectivity index (χ2v) is 3.75. The zero-order valence-corrected chi connectivity index (χ0v) is 8.37. The number of allylic oxidation sites excluding steroid dienone is 2. The summed E-state index contributed by atoms with van der Waals surface area (Å²) in [5.74, 6) is 0. The number of aliphatic hydroxyl groups excluding tert-OH is 1. The van der Waals surface area contributed by atoms with Crippen molar-refractivity contribution in [1.29, 1.82) is 0 Å². The van der Waals surface area contributed by atoms with Gasteiger partial charge in [0.1, 0.15) is 0 Å². The molecule has 0 saturated heterocycles. The zero-order chi connectivity index (χ0) is 9.80. The van der Waals surface area contributed by atoms with Gasteiger partial charge in [-0.15, -0.1) is 0 Å². The van der Waals surface area contributed by atoms with Gasteiger partial charge in [-0.05, 0) is 42.4 Å². The third kappa shape index (κ3) is 1.88. The highest BCUT2D eigenvalue weighted by Gasteiger charge is 2.10. The van der Waals surface area contributed by atoms with Gasteiger partial charge in [0, 0.05) is 6.61 Å². The number of aryl methyl sites for hydroxylation is 1. The topological polar surface area (TPSA) is 20.2 Å². The van der Waals surface area contributed by atoms with E-state index in [1.165, 1.54) is 23.1 Å². The van der Waals surface area contributed by atoms with Crippen LogP contribution in [-0.2, 0) is 6.42 Å². The molecule has 0 bridgehead atoms. The van der Waals surface area contributed by atoms with Crippen LogP contribution in [0.25, 0.3) is 5.57 Å². The molecule has 1 aliphatic rings. The third-order valence-corrected chi connectivity index (χ3v) is 2.77. The van der Waals surface area contributed by atoms with E-state index in [1.54, 1.807) is 0 Å². The average molecular weight is 188 g/mol. The number of rotatable bonds is 3. The van der Waals surface area contributed by atoms with Gasteiger partial charge < -0.3 is 5.11 Å². The maximum Gasteiger partial charge on any atom is 0.0434 e. The number of fused-ring (bicyclic) bond motifs is 1. The Bertz CT molecular complexity index is 339. The fraction of sp³-hybridized carbons (Fsp3) is 0.385. The lowest BCUT2D eigenvalue weighted by Crippen LogP contribution is -2.00.